The first-order valence-corrected chi connectivity index (χ1v) is 6.82. The van der Waals surface area contributed by atoms with Gasteiger partial charge in [0.25, 0.3) is 0 Å². The Hall–Kier alpha value is -0.357. The second kappa shape index (κ2) is 10.4. The monoisotopic (exact) mass is 410 g/mol. The van der Waals surface area contributed by atoms with Crippen molar-refractivity contribution in [3.05, 3.63) is 71.8 Å². The molecule has 0 fully saturated rings. The minimum Gasteiger partial charge on any atom is -1.00 e. The third-order valence-electron chi connectivity index (χ3n) is 3.32. The summed E-state index contributed by atoms with van der Waals surface area (Å²) in [6.07, 6.45) is 0. The van der Waals surface area contributed by atoms with Crippen LogP contribution in [0.1, 0.15) is 31.9 Å². The molecule has 0 spiro atoms. The molecule has 0 atom stereocenters. The van der Waals surface area contributed by atoms with Crippen molar-refractivity contribution in [1.29, 1.82) is 0 Å². The molecule has 3 aromatic carbocycles. The van der Waals surface area contributed by atoms with Gasteiger partial charge in [0.15, 0.2) is 0 Å². The predicted octanol–water partition coefficient (Wildman–Crippen LogP) is -0.424. The van der Waals surface area contributed by atoms with Crippen molar-refractivity contribution in [3.63, 3.8) is 0 Å². The van der Waals surface area contributed by atoms with Crippen LogP contribution in [-0.4, -0.2) is 0 Å². The van der Waals surface area contributed by atoms with Gasteiger partial charge >= 0.3 is 26.2 Å². The van der Waals surface area contributed by atoms with E-state index in [1.807, 2.05) is 12.1 Å². The topological polar surface area (TPSA) is 0 Å². The van der Waals surface area contributed by atoms with Crippen LogP contribution in [0, 0.1) is 6.92 Å². The Morgan fingerprint density at radius 3 is 2.00 bits per heavy atom. The van der Waals surface area contributed by atoms with Crippen molar-refractivity contribution in [2.75, 3.05) is 0 Å². The zero-order chi connectivity index (χ0) is 13.9. The summed E-state index contributed by atoms with van der Waals surface area (Å²) in [6, 6.07) is 21.3. The van der Waals surface area contributed by atoms with Crippen LogP contribution in [0.2, 0.25) is 0 Å². The van der Waals surface area contributed by atoms with Gasteiger partial charge < -0.3 is 24.8 Å². The first-order chi connectivity index (χ1) is 8.98. The average molecular weight is 413 g/mol. The van der Waals surface area contributed by atoms with Gasteiger partial charge in [-0.3, -0.25) is 0 Å². The molecular weight excluding hydrogens is 390 g/mol. The Bertz CT molecular complexity index is 631. The second-order valence-corrected chi connectivity index (χ2v) is 6.05. The van der Waals surface area contributed by atoms with Gasteiger partial charge in [-0.2, -0.15) is 18.2 Å². The van der Waals surface area contributed by atoms with E-state index in [1.54, 1.807) is 0 Å². The Balaban J connectivity index is 0. The molecule has 0 saturated carbocycles. The summed E-state index contributed by atoms with van der Waals surface area (Å²) in [5, 5.41) is 2.75. The van der Waals surface area contributed by atoms with Gasteiger partial charge in [0.05, 0.1) is 0 Å². The maximum Gasteiger partial charge on any atom is 4.00 e. The number of halogens is 2. The molecule has 0 amide bonds. The van der Waals surface area contributed by atoms with Gasteiger partial charge in [0.2, 0.25) is 0 Å². The molecule has 116 valence electrons. The number of hydrogen-bond acceptors (Lipinski definition) is 0. The van der Waals surface area contributed by atoms with E-state index in [0.29, 0.717) is 0 Å². The third-order valence-corrected chi connectivity index (χ3v) is 3.32. The number of aryl methyl sites for hydroxylation is 1. The molecule has 3 aromatic rings. The summed E-state index contributed by atoms with van der Waals surface area (Å²) in [4.78, 5) is 0. The van der Waals surface area contributed by atoms with Crippen LogP contribution < -0.4 is 24.8 Å². The fourth-order valence-corrected chi connectivity index (χ4v) is 2.27. The van der Waals surface area contributed by atoms with Gasteiger partial charge in [-0.15, -0.1) is 46.7 Å². The molecule has 0 aromatic heterocycles. The van der Waals surface area contributed by atoms with E-state index in [4.69, 9.17) is 0 Å². The van der Waals surface area contributed by atoms with Crippen molar-refractivity contribution in [2.24, 2.45) is 0 Å². The Kier molecular flexibility index (Phi) is 11.3. The Labute approximate surface area is 166 Å². The summed E-state index contributed by atoms with van der Waals surface area (Å²) in [7, 11) is 0. The normalized spacial score (nSPS) is 9.64. The molecule has 0 unspecified atom stereocenters. The van der Waals surface area contributed by atoms with Gasteiger partial charge in [-0.05, 0) is 0 Å². The molecule has 0 heterocycles. The SMILES string of the molecule is CC(C)(C)c1c[cH-]c2ccccc12.Cc1cc[cH-]c1.[Cl-].[Cl-].[Zr+4]. The van der Waals surface area contributed by atoms with E-state index in [-0.39, 0.29) is 56.4 Å². The molecule has 0 saturated heterocycles. The molecule has 0 N–H and O–H groups in total. The van der Waals surface area contributed by atoms with Gasteiger partial charge in [-0.25, -0.2) is 11.6 Å². The summed E-state index contributed by atoms with van der Waals surface area (Å²) < 4.78 is 0. The zero-order valence-corrected chi connectivity index (χ0v) is 17.5. The standard InChI is InChI=1S/C13H15.C6H7.2ClH.Zr/c1-13(2,3)12-9-8-10-6-4-5-7-11(10)12;1-6-4-2-3-5-6;;;/h4-9H,1-3H3;2-5H,1H3;2*1H;/q2*-1;;;+4/p-2. The largest absolute Gasteiger partial charge is 4.00 e. The number of benzene rings is 1. The van der Waals surface area contributed by atoms with Crippen LogP contribution in [0.15, 0.2) is 60.7 Å². The Morgan fingerprint density at radius 1 is 0.909 bits per heavy atom. The summed E-state index contributed by atoms with van der Waals surface area (Å²) in [6.45, 7) is 8.86. The summed E-state index contributed by atoms with van der Waals surface area (Å²) in [5.41, 5.74) is 3.04. The van der Waals surface area contributed by atoms with E-state index < -0.39 is 0 Å². The summed E-state index contributed by atoms with van der Waals surface area (Å²) in [5.74, 6) is 0. The first kappa shape index (κ1) is 23.9. The van der Waals surface area contributed by atoms with Crippen LogP contribution in [0.3, 0.4) is 0 Å². The smallest absolute Gasteiger partial charge is 1.00 e. The van der Waals surface area contributed by atoms with E-state index >= 15 is 0 Å². The number of fused-ring (bicyclic) bond motifs is 1. The van der Waals surface area contributed by atoms with Crippen molar-refractivity contribution < 1.29 is 51.0 Å². The van der Waals surface area contributed by atoms with Crippen molar-refractivity contribution in [2.45, 2.75) is 33.1 Å². The quantitative estimate of drug-likeness (QED) is 0.440. The molecule has 22 heavy (non-hydrogen) atoms. The van der Waals surface area contributed by atoms with Crippen LogP contribution in [0.25, 0.3) is 10.8 Å². The van der Waals surface area contributed by atoms with Crippen LogP contribution in [-0.2, 0) is 31.6 Å². The molecule has 0 nitrogen and oxygen atoms in total. The van der Waals surface area contributed by atoms with E-state index in [2.05, 4.69) is 76.2 Å². The summed E-state index contributed by atoms with van der Waals surface area (Å²) >= 11 is 0. The Morgan fingerprint density at radius 2 is 1.55 bits per heavy atom. The van der Waals surface area contributed by atoms with Crippen molar-refractivity contribution >= 4 is 10.8 Å². The minimum atomic E-state index is 0. The van der Waals surface area contributed by atoms with Crippen molar-refractivity contribution in [3.8, 4) is 0 Å². The van der Waals surface area contributed by atoms with E-state index in [1.165, 1.54) is 21.9 Å². The maximum atomic E-state index is 2.26. The molecule has 0 aliphatic heterocycles. The molecule has 3 heteroatoms. The predicted molar refractivity (Wildman–Crippen MR) is 85.0 cm³/mol. The molecular formula is C19H22Cl2Zr. The van der Waals surface area contributed by atoms with Crippen LogP contribution in [0.5, 0.6) is 0 Å². The van der Waals surface area contributed by atoms with Crippen LogP contribution in [0.4, 0.5) is 0 Å². The minimum absolute atomic E-state index is 0. The maximum absolute atomic E-state index is 2.26. The van der Waals surface area contributed by atoms with Crippen molar-refractivity contribution in [1.82, 2.24) is 0 Å². The second-order valence-electron chi connectivity index (χ2n) is 6.05. The van der Waals surface area contributed by atoms with E-state index in [9.17, 15) is 0 Å². The van der Waals surface area contributed by atoms with Gasteiger partial charge in [-0.1, -0.05) is 39.2 Å². The van der Waals surface area contributed by atoms with Gasteiger partial charge in [0.1, 0.15) is 0 Å². The first-order valence-electron chi connectivity index (χ1n) is 6.82. The fourth-order valence-electron chi connectivity index (χ4n) is 2.27. The number of hydrogen-bond donors (Lipinski definition) is 0. The van der Waals surface area contributed by atoms with Crippen LogP contribution >= 0.6 is 0 Å². The molecule has 0 aliphatic carbocycles. The van der Waals surface area contributed by atoms with E-state index in [0.717, 1.165) is 0 Å². The fraction of sp³-hybridized carbons (Fsp3) is 0.263. The zero-order valence-electron chi connectivity index (χ0n) is 13.5. The molecule has 0 radical (unpaired) electrons. The third kappa shape index (κ3) is 6.41. The van der Waals surface area contributed by atoms with Gasteiger partial charge in [0, 0.05) is 0 Å². The number of rotatable bonds is 0. The molecule has 0 aliphatic rings. The average Bonchev–Trinajstić information content (AvgIpc) is 2.97. The molecule has 3 rings (SSSR count). The molecule has 0 bridgehead atoms.